The Bertz CT molecular complexity index is 451. The Morgan fingerprint density at radius 3 is 2.05 bits per heavy atom. The van der Waals surface area contributed by atoms with Crippen LogP contribution in [0.4, 0.5) is 0 Å². The van der Waals surface area contributed by atoms with Gasteiger partial charge < -0.3 is 23.7 Å². The monoisotopic (exact) mass is 342 g/mol. The van der Waals surface area contributed by atoms with Gasteiger partial charge in [0.05, 0.1) is 7.11 Å². The van der Waals surface area contributed by atoms with E-state index in [1.165, 1.54) is 14.2 Å². The standard InChI is InChI=1S/C12H16Cl2O7/c1-7(16)21-8-5-10(13,6-15)12(19-3,20-4)11(8,14)9(17)18-2/h6,8H,5H2,1-4H3/t8-,10+,11-/m0/s1. The van der Waals surface area contributed by atoms with Gasteiger partial charge in [-0.05, 0) is 0 Å². The number of aldehydes is 1. The minimum atomic E-state index is -2.14. The predicted octanol–water partition coefficient (Wildman–Crippen LogP) is 0.638. The summed E-state index contributed by atoms with van der Waals surface area (Å²) in [5.74, 6) is -3.77. The van der Waals surface area contributed by atoms with Gasteiger partial charge in [-0.1, -0.05) is 11.6 Å². The lowest BCUT2D eigenvalue weighted by Gasteiger charge is -2.42. The van der Waals surface area contributed by atoms with Crippen LogP contribution in [0.5, 0.6) is 0 Å². The molecule has 0 bridgehead atoms. The average Bonchev–Trinajstić information content (AvgIpc) is 2.64. The summed E-state index contributed by atoms with van der Waals surface area (Å²) in [5, 5.41) is 0. The van der Waals surface area contributed by atoms with E-state index in [0.29, 0.717) is 6.29 Å². The minimum Gasteiger partial charge on any atom is -0.467 e. The van der Waals surface area contributed by atoms with E-state index in [4.69, 9.17) is 37.4 Å². The van der Waals surface area contributed by atoms with Crippen molar-refractivity contribution in [3.05, 3.63) is 0 Å². The molecule has 1 aliphatic rings. The van der Waals surface area contributed by atoms with Crippen LogP contribution >= 0.6 is 23.2 Å². The molecule has 120 valence electrons. The molecule has 21 heavy (non-hydrogen) atoms. The van der Waals surface area contributed by atoms with Crippen LogP contribution in [0.1, 0.15) is 13.3 Å². The number of hydrogen-bond acceptors (Lipinski definition) is 7. The Hall–Kier alpha value is -0.890. The van der Waals surface area contributed by atoms with Gasteiger partial charge in [-0.3, -0.25) is 4.79 Å². The maximum Gasteiger partial charge on any atom is 0.336 e. The quantitative estimate of drug-likeness (QED) is 0.313. The van der Waals surface area contributed by atoms with Crippen LogP contribution in [0.3, 0.4) is 0 Å². The van der Waals surface area contributed by atoms with E-state index in [0.717, 1.165) is 14.0 Å². The van der Waals surface area contributed by atoms with Gasteiger partial charge in [0.25, 0.3) is 0 Å². The van der Waals surface area contributed by atoms with Crippen LogP contribution in [-0.2, 0) is 33.3 Å². The van der Waals surface area contributed by atoms with Gasteiger partial charge in [-0.15, -0.1) is 11.6 Å². The summed E-state index contributed by atoms with van der Waals surface area (Å²) in [6.45, 7) is 1.13. The van der Waals surface area contributed by atoms with Crippen LogP contribution in [-0.4, -0.2) is 61.2 Å². The number of methoxy groups -OCH3 is 3. The Labute approximate surface area is 131 Å². The fourth-order valence-corrected chi connectivity index (χ4v) is 3.66. The maximum absolute atomic E-state index is 12.2. The highest BCUT2D eigenvalue weighted by molar-refractivity contribution is 6.40. The Morgan fingerprint density at radius 1 is 1.19 bits per heavy atom. The molecule has 0 radical (unpaired) electrons. The van der Waals surface area contributed by atoms with Crippen molar-refractivity contribution in [1.29, 1.82) is 0 Å². The largest absolute Gasteiger partial charge is 0.467 e. The Kier molecular flexibility index (Phi) is 5.26. The molecule has 1 rings (SSSR count). The molecule has 0 aromatic carbocycles. The van der Waals surface area contributed by atoms with E-state index in [2.05, 4.69) is 4.74 Å². The van der Waals surface area contributed by atoms with E-state index in [1.807, 2.05) is 0 Å². The summed E-state index contributed by atoms with van der Waals surface area (Å²) in [5.41, 5.74) is 0. The molecule has 0 unspecified atom stereocenters. The Balaban J connectivity index is 3.55. The summed E-state index contributed by atoms with van der Waals surface area (Å²) in [6, 6.07) is 0. The van der Waals surface area contributed by atoms with Crippen LogP contribution in [0, 0.1) is 0 Å². The summed E-state index contributed by atoms with van der Waals surface area (Å²) in [7, 11) is 3.42. The second-order valence-electron chi connectivity index (χ2n) is 4.51. The van der Waals surface area contributed by atoms with Crippen LogP contribution in [0.2, 0.25) is 0 Å². The summed E-state index contributed by atoms with van der Waals surface area (Å²) < 4.78 is 20.1. The lowest BCUT2D eigenvalue weighted by atomic mass is 9.94. The second kappa shape index (κ2) is 6.08. The fourth-order valence-electron chi connectivity index (χ4n) is 2.64. The van der Waals surface area contributed by atoms with Crippen molar-refractivity contribution in [3.8, 4) is 0 Å². The number of ether oxygens (including phenoxy) is 4. The summed E-state index contributed by atoms with van der Waals surface area (Å²) in [6.07, 6.45) is -1.21. The van der Waals surface area contributed by atoms with E-state index >= 15 is 0 Å². The van der Waals surface area contributed by atoms with Crippen molar-refractivity contribution in [2.45, 2.75) is 35.0 Å². The third-order valence-corrected chi connectivity index (χ3v) is 4.64. The summed E-state index contributed by atoms with van der Waals surface area (Å²) in [4.78, 5) is 30.9. The van der Waals surface area contributed by atoms with Crippen LogP contribution in [0.15, 0.2) is 0 Å². The van der Waals surface area contributed by atoms with Crippen LogP contribution in [0.25, 0.3) is 0 Å². The molecule has 1 fully saturated rings. The molecule has 7 nitrogen and oxygen atoms in total. The lowest BCUT2D eigenvalue weighted by Crippen LogP contribution is -2.66. The van der Waals surface area contributed by atoms with Crippen molar-refractivity contribution >= 4 is 41.4 Å². The highest BCUT2D eigenvalue weighted by Gasteiger charge is 2.79. The topological polar surface area (TPSA) is 88.1 Å². The predicted molar refractivity (Wildman–Crippen MR) is 72.2 cm³/mol. The van der Waals surface area contributed by atoms with Crippen molar-refractivity contribution in [2.75, 3.05) is 21.3 Å². The normalized spacial score (nSPS) is 34.3. The average molecular weight is 343 g/mol. The van der Waals surface area contributed by atoms with Gasteiger partial charge in [0.2, 0.25) is 10.7 Å². The van der Waals surface area contributed by atoms with Gasteiger partial charge in [-0.25, -0.2) is 4.79 Å². The van der Waals surface area contributed by atoms with Crippen molar-refractivity contribution in [3.63, 3.8) is 0 Å². The second-order valence-corrected chi connectivity index (χ2v) is 5.78. The highest BCUT2D eigenvalue weighted by Crippen LogP contribution is 2.56. The maximum atomic E-state index is 12.2. The third kappa shape index (κ3) is 2.32. The summed E-state index contributed by atoms with van der Waals surface area (Å²) >= 11 is 12.6. The molecule has 3 atom stereocenters. The lowest BCUT2D eigenvalue weighted by molar-refractivity contribution is -0.239. The molecule has 0 aromatic heterocycles. The number of alkyl halides is 2. The SMILES string of the molecule is COC(=O)[C@@]1(Cl)[C@@H](OC(C)=O)C[C@@](Cl)(C=O)C1(OC)OC. The smallest absolute Gasteiger partial charge is 0.336 e. The van der Waals surface area contributed by atoms with Gasteiger partial charge in [0.15, 0.2) is 4.87 Å². The first-order chi connectivity index (χ1) is 9.69. The Morgan fingerprint density at radius 2 is 1.71 bits per heavy atom. The van der Waals surface area contributed by atoms with Gasteiger partial charge >= 0.3 is 11.9 Å². The number of carbonyl (C=O) groups excluding carboxylic acids is 3. The number of hydrogen-bond donors (Lipinski definition) is 0. The van der Waals surface area contributed by atoms with Crippen molar-refractivity contribution in [2.24, 2.45) is 0 Å². The zero-order valence-electron chi connectivity index (χ0n) is 12.0. The third-order valence-electron chi connectivity index (χ3n) is 3.50. The molecule has 0 amide bonds. The van der Waals surface area contributed by atoms with E-state index in [9.17, 15) is 14.4 Å². The number of carbonyl (C=O) groups is 3. The molecule has 0 heterocycles. The first-order valence-electron chi connectivity index (χ1n) is 5.89. The molecule has 1 aliphatic carbocycles. The number of rotatable bonds is 5. The highest BCUT2D eigenvalue weighted by atomic mass is 35.5. The molecule has 0 aliphatic heterocycles. The van der Waals surface area contributed by atoms with Gasteiger partial charge in [0, 0.05) is 27.6 Å². The first-order valence-corrected chi connectivity index (χ1v) is 6.64. The van der Waals surface area contributed by atoms with Crippen molar-refractivity contribution < 1.29 is 33.3 Å². The molecule has 0 spiro atoms. The van der Waals surface area contributed by atoms with E-state index < -0.39 is 33.6 Å². The molecule has 0 N–H and O–H groups in total. The van der Waals surface area contributed by atoms with Crippen LogP contribution < -0.4 is 0 Å². The van der Waals surface area contributed by atoms with E-state index in [1.54, 1.807) is 0 Å². The van der Waals surface area contributed by atoms with E-state index in [-0.39, 0.29) is 6.42 Å². The fraction of sp³-hybridized carbons (Fsp3) is 0.750. The number of esters is 2. The van der Waals surface area contributed by atoms with Gasteiger partial charge in [0.1, 0.15) is 12.4 Å². The minimum absolute atomic E-state index is 0.280. The molecule has 0 aromatic rings. The molecule has 9 heteroatoms. The number of halogens is 2. The zero-order chi connectivity index (χ0) is 16.5. The van der Waals surface area contributed by atoms with Crippen molar-refractivity contribution in [1.82, 2.24) is 0 Å². The zero-order valence-corrected chi connectivity index (χ0v) is 13.5. The molecular formula is C12H16Cl2O7. The molecular weight excluding hydrogens is 327 g/mol. The first kappa shape index (κ1) is 18.2. The van der Waals surface area contributed by atoms with Gasteiger partial charge in [-0.2, -0.15) is 0 Å². The molecule has 0 saturated heterocycles. The molecule has 1 saturated carbocycles.